The Labute approximate surface area is 154 Å². The maximum atomic E-state index is 13.4. The molecule has 2 fully saturated rings. The largest absolute Gasteiger partial charge is 0.371 e. The molecule has 1 aliphatic heterocycles. The fraction of sp³-hybridized carbons (Fsp3) is 0.571. The molecule has 3 atom stereocenters. The van der Waals surface area contributed by atoms with Gasteiger partial charge in [-0.1, -0.05) is 25.5 Å². The van der Waals surface area contributed by atoms with E-state index in [-0.39, 0.29) is 17.2 Å². The average Bonchev–Trinajstić information content (AvgIpc) is 2.92. The van der Waals surface area contributed by atoms with Crippen LogP contribution in [0.2, 0.25) is 0 Å². The summed E-state index contributed by atoms with van der Waals surface area (Å²) in [4.78, 5) is 14.6. The van der Waals surface area contributed by atoms with Gasteiger partial charge in [0, 0.05) is 31.4 Å². The van der Waals surface area contributed by atoms with Crippen LogP contribution in [-0.2, 0) is 4.79 Å². The molecule has 2 aliphatic rings. The zero-order valence-electron chi connectivity index (χ0n) is 16.0. The number of rotatable bonds is 5. The van der Waals surface area contributed by atoms with Crippen molar-refractivity contribution < 1.29 is 13.6 Å². The van der Waals surface area contributed by atoms with E-state index in [4.69, 9.17) is 0 Å². The quantitative estimate of drug-likeness (QED) is 0.798. The fourth-order valence-corrected chi connectivity index (χ4v) is 4.12. The molecule has 1 heterocycles. The van der Waals surface area contributed by atoms with Crippen molar-refractivity contribution in [1.29, 1.82) is 0 Å². The standard InChI is InChI=1S/C21H28F2N2O/c1-13(2)9-16-19(21(16,3)4)20(26)24-11-14-7-8-25(12-14)15-5-6-17(22)18(23)10-15/h5-6,9-10,14,16,19H,7-8,11-12H2,1-4H3,(H,24,26)/t14-,16-,19-/m1/s1. The van der Waals surface area contributed by atoms with Crippen molar-refractivity contribution in [2.45, 2.75) is 34.1 Å². The number of allylic oxidation sites excluding steroid dienone is 2. The summed E-state index contributed by atoms with van der Waals surface area (Å²) in [5.41, 5.74) is 1.97. The number of hydrogen-bond acceptors (Lipinski definition) is 2. The molecule has 1 saturated carbocycles. The molecule has 3 rings (SSSR count). The highest BCUT2D eigenvalue weighted by atomic mass is 19.2. The average molecular weight is 362 g/mol. The summed E-state index contributed by atoms with van der Waals surface area (Å²) < 4.78 is 26.5. The van der Waals surface area contributed by atoms with E-state index in [0.29, 0.717) is 24.1 Å². The number of nitrogens with one attached hydrogen (secondary N) is 1. The number of hydrogen-bond donors (Lipinski definition) is 1. The number of benzene rings is 1. The van der Waals surface area contributed by atoms with Crippen LogP contribution in [0, 0.1) is 34.8 Å². The van der Waals surface area contributed by atoms with Crippen LogP contribution in [0.3, 0.4) is 0 Å². The van der Waals surface area contributed by atoms with Crippen molar-refractivity contribution in [3.8, 4) is 0 Å². The lowest BCUT2D eigenvalue weighted by atomic mass is 10.1. The van der Waals surface area contributed by atoms with E-state index in [1.165, 1.54) is 17.7 Å². The molecule has 5 heteroatoms. The Hall–Kier alpha value is -1.91. The summed E-state index contributed by atoms with van der Waals surface area (Å²) >= 11 is 0. The van der Waals surface area contributed by atoms with Gasteiger partial charge in [0.05, 0.1) is 5.92 Å². The van der Waals surface area contributed by atoms with Gasteiger partial charge in [0.2, 0.25) is 5.91 Å². The number of nitrogens with zero attached hydrogens (tertiary/aromatic N) is 1. The summed E-state index contributed by atoms with van der Waals surface area (Å²) in [6.45, 7) is 10.6. The predicted octanol–water partition coefficient (Wildman–Crippen LogP) is 4.15. The van der Waals surface area contributed by atoms with Gasteiger partial charge in [-0.05, 0) is 49.7 Å². The van der Waals surface area contributed by atoms with Gasteiger partial charge in [-0.15, -0.1) is 0 Å². The molecule has 3 nitrogen and oxygen atoms in total. The Morgan fingerprint density at radius 2 is 2.04 bits per heavy atom. The molecule has 1 aliphatic carbocycles. The highest BCUT2D eigenvalue weighted by Crippen LogP contribution is 2.59. The maximum absolute atomic E-state index is 13.4. The molecule has 0 aromatic heterocycles. The topological polar surface area (TPSA) is 32.3 Å². The number of carbonyl (C=O) groups is 1. The smallest absolute Gasteiger partial charge is 0.224 e. The Balaban J connectivity index is 1.51. The first-order valence-corrected chi connectivity index (χ1v) is 9.33. The van der Waals surface area contributed by atoms with E-state index < -0.39 is 11.6 Å². The van der Waals surface area contributed by atoms with E-state index in [1.54, 1.807) is 6.07 Å². The minimum absolute atomic E-state index is 0.0225. The van der Waals surface area contributed by atoms with E-state index in [1.807, 2.05) is 4.90 Å². The van der Waals surface area contributed by atoms with Crippen LogP contribution in [0.15, 0.2) is 29.8 Å². The molecule has 1 N–H and O–H groups in total. The SMILES string of the molecule is CC(C)=C[C@@H]1[C@H](C(=O)NC[C@H]2CCN(c3ccc(F)c(F)c3)C2)C1(C)C. The number of anilines is 1. The van der Waals surface area contributed by atoms with Gasteiger partial charge in [-0.2, -0.15) is 0 Å². The molecule has 0 radical (unpaired) electrons. The lowest BCUT2D eigenvalue weighted by Crippen LogP contribution is -2.33. The first kappa shape index (κ1) is 18.9. The molecular weight excluding hydrogens is 334 g/mol. The third kappa shape index (κ3) is 3.76. The van der Waals surface area contributed by atoms with Crippen molar-refractivity contribution in [3.05, 3.63) is 41.5 Å². The van der Waals surface area contributed by atoms with Gasteiger partial charge in [-0.25, -0.2) is 8.78 Å². The zero-order chi connectivity index (χ0) is 19.1. The Bertz CT molecular complexity index is 725. The van der Waals surface area contributed by atoms with E-state index >= 15 is 0 Å². The summed E-state index contributed by atoms with van der Waals surface area (Å²) in [5, 5.41) is 3.11. The second-order valence-electron chi connectivity index (χ2n) is 8.51. The Morgan fingerprint density at radius 1 is 1.31 bits per heavy atom. The van der Waals surface area contributed by atoms with Crippen LogP contribution in [0.1, 0.15) is 34.1 Å². The second-order valence-corrected chi connectivity index (χ2v) is 8.51. The van der Waals surface area contributed by atoms with Crippen LogP contribution in [0.5, 0.6) is 0 Å². The van der Waals surface area contributed by atoms with Gasteiger partial charge in [0.15, 0.2) is 11.6 Å². The molecular formula is C21H28F2N2O. The van der Waals surface area contributed by atoms with Gasteiger partial charge in [0.25, 0.3) is 0 Å². The lowest BCUT2D eigenvalue weighted by molar-refractivity contribution is -0.123. The van der Waals surface area contributed by atoms with Crippen molar-refractivity contribution in [2.75, 3.05) is 24.5 Å². The number of halogens is 2. The minimum Gasteiger partial charge on any atom is -0.371 e. The predicted molar refractivity (Wildman–Crippen MR) is 99.9 cm³/mol. The Kier molecular flexibility index (Phi) is 5.09. The second kappa shape index (κ2) is 7.01. The summed E-state index contributed by atoms with van der Waals surface area (Å²) in [6, 6.07) is 4.02. The molecule has 0 unspecified atom stereocenters. The highest BCUT2D eigenvalue weighted by Gasteiger charge is 2.60. The van der Waals surface area contributed by atoms with Crippen LogP contribution in [-0.4, -0.2) is 25.5 Å². The molecule has 142 valence electrons. The Morgan fingerprint density at radius 3 is 2.69 bits per heavy atom. The lowest BCUT2D eigenvalue weighted by Gasteiger charge is -2.19. The summed E-state index contributed by atoms with van der Waals surface area (Å²) in [5.74, 6) is -0.828. The van der Waals surface area contributed by atoms with Gasteiger partial charge in [-0.3, -0.25) is 4.79 Å². The number of carbonyl (C=O) groups excluding carboxylic acids is 1. The zero-order valence-corrected chi connectivity index (χ0v) is 16.0. The third-order valence-electron chi connectivity index (χ3n) is 5.83. The highest BCUT2D eigenvalue weighted by molar-refractivity contribution is 5.83. The summed E-state index contributed by atoms with van der Waals surface area (Å²) in [7, 11) is 0. The molecule has 0 bridgehead atoms. The first-order chi connectivity index (χ1) is 12.2. The maximum Gasteiger partial charge on any atom is 0.224 e. The molecule has 26 heavy (non-hydrogen) atoms. The summed E-state index contributed by atoms with van der Waals surface area (Å²) in [6.07, 6.45) is 3.13. The minimum atomic E-state index is -0.824. The van der Waals surface area contributed by atoms with E-state index in [9.17, 15) is 13.6 Å². The van der Waals surface area contributed by atoms with Gasteiger partial charge >= 0.3 is 0 Å². The van der Waals surface area contributed by atoms with Crippen LogP contribution in [0.25, 0.3) is 0 Å². The third-order valence-corrected chi connectivity index (χ3v) is 5.83. The molecule has 1 aromatic rings. The van der Waals surface area contributed by atoms with Gasteiger partial charge in [0.1, 0.15) is 0 Å². The number of amides is 1. The van der Waals surface area contributed by atoms with Crippen LogP contribution in [0.4, 0.5) is 14.5 Å². The van der Waals surface area contributed by atoms with E-state index in [0.717, 1.165) is 19.5 Å². The molecule has 1 amide bonds. The molecule has 1 saturated heterocycles. The van der Waals surface area contributed by atoms with Crippen molar-refractivity contribution >= 4 is 11.6 Å². The fourth-order valence-electron chi connectivity index (χ4n) is 4.12. The van der Waals surface area contributed by atoms with Crippen molar-refractivity contribution in [3.63, 3.8) is 0 Å². The van der Waals surface area contributed by atoms with Gasteiger partial charge < -0.3 is 10.2 Å². The van der Waals surface area contributed by atoms with Crippen molar-refractivity contribution in [1.82, 2.24) is 5.32 Å². The molecule has 0 spiro atoms. The van der Waals surface area contributed by atoms with E-state index in [2.05, 4.69) is 39.1 Å². The first-order valence-electron chi connectivity index (χ1n) is 9.33. The van der Waals surface area contributed by atoms with Crippen LogP contribution >= 0.6 is 0 Å². The normalized spacial score (nSPS) is 26.5. The monoisotopic (exact) mass is 362 g/mol. The van der Waals surface area contributed by atoms with Crippen molar-refractivity contribution in [2.24, 2.45) is 23.2 Å². The molecule has 1 aromatic carbocycles. The van der Waals surface area contributed by atoms with Crippen LogP contribution < -0.4 is 10.2 Å².